The highest BCUT2D eigenvalue weighted by atomic mass is 35.5. The zero-order valence-corrected chi connectivity index (χ0v) is 9.80. The molecule has 0 saturated carbocycles. The van der Waals surface area contributed by atoms with E-state index in [-0.39, 0.29) is 17.6 Å². The summed E-state index contributed by atoms with van der Waals surface area (Å²) in [5.41, 5.74) is -0.236. The van der Waals surface area contributed by atoms with E-state index < -0.39 is 0 Å². The molecule has 1 saturated heterocycles. The Labute approximate surface area is 90.4 Å². The molecule has 0 aliphatic carbocycles. The lowest BCUT2D eigenvalue weighted by Crippen LogP contribution is -2.53. The lowest BCUT2D eigenvalue weighted by molar-refractivity contribution is -0.157. The quantitative estimate of drug-likeness (QED) is 0.661. The van der Waals surface area contributed by atoms with Gasteiger partial charge in [-0.25, -0.2) is 0 Å². The van der Waals surface area contributed by atoms with Gasteiger partial charge in [-0.2, -0.15) is 0 Å². The highest BCUT2D eigenvalue weighted by Crippen LogP contribution is 2.21. The van der Waals surface area contributed by atoms with Gasteiger partial charge in [-0.05, 0) is 20.8 Å². The van der Waals surface area contributed by atoms with Crippen LogP contribution >= 0.6 is 11.6 Å². The summed E-state index contributed by atoms with van der Waals surface area (Å²) >= 11 is 5.54. The Hall–Kier alpha value is -0.280. The van der Waals surface area contributed by atoms with Crippen LogP contribution in [0.15, 0.2) is 0 Å². The number of hydrogen-bond acceptors (Lipinski definition) is 2. The number of ether oxygens (including phenoxy) is 1. The normalized spacial score (nSPS) is 26.3. The van der Waals surface area contributed by atoms with Crippen molar-refractivity contribution in [2.75, 3.05) is 19.0 Å². The number of carbonyl (C=O) groups is 1. The van der Waals surface area contributed by atoms with Crippen molar-refractivity contribution >= 4 is 17.5 Å². The second kappa shape index (κ2) is 4.49. The molecule has 0 aromatic carbocycles. The van der Waals surface area contributed by atoms with Gasteiger partial charge in [0.2, 0.25) is 5.91 Å². The van der Waals surface area contributed by atoms with E-state index in [2.05, 4.69) is 0 Å². The number of nitrogens with zero attached hydrogens (tertiary/aromatic N) is 1. The fraction of sp³-hybridized carbons (Fsp3) is 0.900. The number of morpholine rings is 1. The SMILES string of the molecule is CC1CN(C(=O)CCCl)CC(C)(C)O1. The Kier molecular flexibility index (Phi) is 3.78. The highest BCUT2D eigenvalue weighted by molar-refractivity contribution is 6.18. The lowest BCUT2D eigenvalue weighted by Gasteiger charge is -2.41. The largest absolute Gasteiger partial charge is 0.369 e. The van der Waals surface area contributed by atoms with Gasteiger partial charge < -0.3 is 9.64 Å². The number of alkyl halides is 1. The maximum atomic E-state index is 11.6. The summed E-state index contributed by atoms with van der Waals surface area (Å²) in [6.45, 7) is 7.33. The van der Waals surface area contributed by atoms with Crippen molar-refractivity contribution in [1.29, 1.82) is 0 Å². The van der Waals surface area contributed by atoms with Gasteiger partial charge in [0.25, 0.3) is 0 Å². The first-order chi connectivity index (χ1) is 6.44. The number of halogens is 1. The Balaban J connectivity index is 2.57. The molecule has 1 heterocycles. The van der Waals surface area contributed by atoms with Gasteiger partial charge >= 0.3 is 0 Å². The van der Waals surface area contributed by atoms with Crippen LogP contribution < -0.4 is 0 Å². The van der Waals surface area contributed by atoms with E-state index in [0.717, 1.165) is 0 Å². The van der Waals surface area contributed by atoms with Crippen LogP contribution in [0.2, 0.25) is 0 Å². The molecule has 1 aliphatic rings. The van der Waals surface area contributed by atoms with Crippen LogP contribution in [0, 0.1) is 0 Å². The van der Waals surface area contributed by atoms with Crippen molar-refractivity contribution in [1.82, 2.24) is 4.90 Å². The first-order valence-electron chi connectivity index (χ1n) is 4.96. The summed E-state index contributed by atoms with van der Waals surface area (Å²) in [4.78, 5) is 13.5. The number of hydrogen-bond donors (Lipinski definition) is 0. The number of carbonyl (C=O) groups excluding carboxylic acids is 1. The van der Waals surface area contributed by atoms with E-state index in [1.807, 2.05) is 25.7 Å². The average molecular weight is 220 g/mol. The zero-order chi connectivity index (χ0) is 10.8. The highest BCUT2D eigenvalue weighted by Gasteiger charge is 2.33. The van der Waals surface area contributed by atoms with Gasteiger partial charge in [-0.1, -0.05) is 0 Å². The Bertz CT molecular complexity index is 218. The standard InChI is InChI=1S/C10H18ClNO2/c1-8-6-12(9(13)4-5-11)7-10(2,3)14-8/h8H,4-7H2,1-3H3. The summed E-state index contributed by atoms with van der Waals surface area (Å²) < 4.78 is 5.71. The van der Waals surface area contributed by atoms with Crippen LogP contribution in [-0.2, 0) is 9.53 Å². The molecule has 0 radical (unpaired) electrons. The molecule has 0 bridgehead atoms. The van der Waals surface area contributed by atoms with Crippen LogP contribution in [0.3, 0.4) is 0 Å². The average Bonchev–Trinajstić information content (AvgIpc) is 2.00. The summed E-state index contributed by atoms with van der Waals surface area (Å²) in [7, 11) is 0. The summed E-state index contributed by atoms with van der Waals surface area (Å²) in [6, 6.07) is 0. The first-order valence-corrected chi connectivity index (χ1v) is 5.49. The van der Waals surface area contributed by atoms with Gasteiger partial charge in [-0.15, -0.1) is 11.6 Å². The third kappa shape index (κ3) is 3.14. The van der Waals surface area contributed by atoms with E-state index in [9.17, 15) is 4.79 Å². The summed E-state index contributed by atoms with van der Waals surface area (Å²) in [5, 5.41) is 0. The summed E-state index contributed by atoms with van der Waals surface area (Å²) in [5.74, 6) is 0.522. The van der Waals surface area contributed by atoms with E-state index >= 15 is 0 Å². The minimum atomic E-state index is -0.236. The first kappa shape index (κ1) is 11.8. The van der Waals surface area contributed by atoms with Crippen LogP contribution in [0.5, 0.6) is 0 Å². The smallest absolute Gasteiger partial charge is 0.223 e. The molecule has 82 valence electrons. The molecule has 1 rings (SSSR count). The van der Waals surface area contributed by atoms with Gasteiger partial charge in [-0.3, -0.25) is 4.79 Å². The minimum absolute atomic E-state index is 0.109. The Morgan fingerprint density at radius 3 is 2.79 bits per heavy atom. The van der Waals surface area contributed by atoms with Crippen molar-refractivity contribution in [2.24, 2.45) is 0 Å². The molecule has 1 unspecified atom stereocenters. The molecule has 3 nitrogen and oxygen atoms in total. The summed E-state index contributed by atoms with van der Waals surface area (Å²) in [6.07, 6.45) is 0.530. The molecule has 0 N–H and O–H groups in total. The van der Waals surface area contributed by atoms with E-state index in [1.165, 1.54) is 0 Å². The molecule has 0 aromatic heterocycles. The molecule has 0 spiro atoms. The van der Waals surface area contributed by atoms with Crippen molar-refractivity contribution in [3.63, 3.8) is 0 Å². The maximum Gasteiger partial charge on any atom is 0.223 e. The molecule has 14 heavy (non-hydrogen) atoms. The van der Waals surface area contributed by atoms with Crippen LogP contribution in [-0.4, -0.2) is 41.5 Å². The Morgan fingerprint density at radius 1 is 1.64 bits per heavy atom. The van der Waals surface area contributed by atoms with Crippen LogP contribution in [0.1, 0.15) is 27.2 Å². The maximum absolute atomic E-state index is 11.6. The predicted molar refractivity (Wildman–Crippen MR) is 56.5 cm³/mol. The number of rotatable bonds is 2. The number of amides is 1. The zero-order valence-electron chi connectivity index (χ0n) is 9.05. The lowest BCUT2D eigenvalue weighted by atomic mass is 10.1. The molecular formula is C10H18ClNO2. The van der Waals surface area contributed by atoms with E-state index in [0.29, 0.717) is 25.4 Å². The van der Waals surface area contributed by atoms with Crippen molar-refractivity contribution in [3.8, 4) is 0 Å². The fourth-order valence-electron chi connectivity index (χ4n) is 1.88. The van der Waals surface area contributed by atoms with Crippen LogP contribution in [0.25, 0.3) is 0 Å². The second-order valence-corrected chi connectivity index (χ2v) is 4.78. The minimum Gasteiger partial charge on any atom is -0.369 e. The molecule has 1 amide bonds. The van der Waals surface area contributed by atoms with E-state index in [4.69, 9.17) is 16.3 Å². The van der Waals surface area contributed by atoms with Gasteiger partial charge in [0.15, 0.2) is 0 Å². The molecule has 1 fully saturated rings. The third-order valence-corrected chi connectivity index (χ3v) is 2.42. The topological polar surface area (TPSA) is 29.5 Å². The molecular weight excluding hydrogens is 202 g/mol. The Morgan fingerprint density at radius 2 is 2.29 bits per heavy atom. The molecule has 0 aromatic rings. The predicted octanol–water partition coefficient (Wildman–Crippen LogP) is 1.64. The van der Waals surface area contributed by atoms with Crippen LogP contribution in [0.4, 0.5) is 0 Å². The fourth-order valence-corrected chi connectivity index (χ4v) is 2.04. The van der Waals surface area contributed by atoms with Crippen molar-refractivity contribution in [3.05, 3.63) is 0 Å². The molecule has 4 heteroatoms. The van der Waals surface area contributed by atoms with Crippen molar-refractivity contribution in [2.45, 2.75) is 38.9 Å². The molecule has 1 atom stereocenters. The third-order valence-electron chi connectivity index (χ3n) is 2.23. The monoisotopic (exact) mass is 219 g/mol. The van der Waals surface area contributed by atoms with Gasteiger partial charge in [0.1, 0.15) is 0 Å². The van der Waals surface area contributed by atoms with Gasteiger partial charge in [0.05, 0.1) is 11.7 Å². The van der Waals surface area contributed by atoms with Crippen molar-refractivity contribution < 1.29 is 9.53 Å². The van der Waals surface area contributed by atoms with Gasteiger partial charge in [0, 0.05) is 25.4 Å². The second-order valence-electron chi connectivity index (χ2n) is 4.40. The molecule has 1 aliphatic heterocycles. The van der Waals surface area contributed by atoms with E-state index in [1.54, 1.807) is 0 Å².